The number of amides is 1. The number of phenols is 2. The molecule has 0 unspecified atom stereocenters. The van der Waals surface area contributed by atoms with E-state index in [2.05, 4.69) is 5.32 Å². The molecular weight excluding hydrogens is 386 g/mol. The predicted molar refractivity (Wildman–Crippen MR) is 103 cm³/mol. The van der Waals surface area contributed by atoms with Crippen molar-refractivity contribution in [3.05, 3.63) is 39.8 Å². The molecule has 0 aliphatic heterocycles. The van der Waals surface area contributed by atoms with Gasteiger partial charge < -0.3 is 25.0 Å². The highest BCUT2D eigenvalue weighted by molar-refractivity contribution is 7.17. The number of carbonyl (C=O) groups is 3. The standard InChI is InChI=1S/C19H21NO7S/c1-4-14-10(3)16(19(25)26-5-2)17(28-14)20-15(23)9-27-18(24)12-7-6-11(21)8-13(12)22/h6-8,21-22H,4-5,9H2,1-3H3,(H,20,23). The summed E-state index contributed by atoms with van der Waals surface area (Å²) in [4.78, 5) is 37.3. The molecule has 0 fully saturated rings. The molecule has 3 N–H and O–H groups in total. The molecule has 0 bridgehead atoms. The first kappa shape index (κ1) is 21.2. The van der Waals surface area contributed by atoms with Crippen molar-refractivity contribution in [2.75, 3.05) is 18.5 Å². The van der Waals surface area contributed by atoms with Crippen LogP contribution in [0.4, 0.5) is 5.00 Å². The van der Waals surface area contributed by atoms with Crippen molar-refractivity contribution >= 4 is 34.2 Å². The third-order valence-corrected chi connectivity index (χ3v) is 5.19. The summed E-state index contributed by atoms with van der Waals surface area (Å²) < 4.78 is 9.94. The monoisotopic (exact) mass is 407 g/mol. The van der Waals surface area contributed by atoms with Crippen LogP contribution in [0.2, 0.25) is 0 Å². The Bertz CT molecular complexity index is 904. The minimum Gasteiger partial charge on any atom is -0.508 e. The lowest BCUT2D eigenvalue weighted by Crippen LogP contribution is -2.21. The Kier molecular flexibility index (Phi) is 7.00. The van der Waals surface area contributed by atoms with E-state index in [0.717, 1.165) is 16.5 Å². The number of hydrogen-bond acceptors (Lipinski definition) is 8. The lowest BCUT2D eigenvalue weighted by molar-refractivity contribution is -0.119. The van der Waals surface area contributed by atoms with Crippen LogP contribution in [0.25, 0.3) is 0 Å². The zero-order chi connectivity index (χ0) is 20.8. The topological polar surface area (TPSA) is 122 Å². The van der Waals surface area contributed by atoms with Crippen molar-refractivity contribution in [3.63, 3.8) is 0 Å². The molecule has 28 heavy (non-hydrogen) atoms. The van der Waals surface area contributed by atoms with Gasteiger partial charge in [0.25, 0.3) is 5.91 Å². The highest BCUT2D eigenvalue weighted by Gasteiger charge is 2.23. The summed E-state index contributed by atoms with van der Waals surface area (Å²) in [6.07, 6.45) is 0.688. The van der Waals surface area contributed by atoms with Gasteiger partial charge in [-0.3, -0.25) is 4.79 Å². The van der Waals surface area contributed by atoms with Gasteiger partial charge in [0.1, 0.15) is 22.1 Å². The van der Waals surface area contributed by atoms with E-state index >= 15 is 0 Å². The maximum Gasteiger partial charge on any atom is 0.342 e. The number of rotatable bonds is 7. The largest absolute Gasteiger partial charge is 0.508 e. The summed E-state index contributed by atoms with van der Waals surface area (Å²) in [5.41, 5.74) is 0.852. The Morgan fingerprint density at radius 3 is 2.43 bits per heavy atom. The van der Waals surface area contributed by atoms with Crippen molar-refractivity contribution in [2.45, 2.75) is 27.2 Å². The van der Waals surface area contributed by atoms with Gasteiger partial charge in [-0.05, 0) is 38.0 Å². The summed E-state index contributed by atoms with van der Waals surface area (Å²) in [6, 6.07) is 3.38. The van der Waals surface area contributed by atoms with Crippen molar-refractivity contribution < 1.29 is 34.1 Å². The molecule has 0 spiro atoms. The van der Waals surface area contributed by atoms with Crippen LogP contribution >= 0.6 is 11.3 Å². The van der Waals surface area contributed by atoms with Crippen LogP contribution in [0.5, 0.6) is 11.5 Å². The number of nitrogens with one attached hydrogen (secondary N) is 1. The minimum absolute atomic E-state index is 0.182. The Labute approximate surface area is 165 Å². The van der Waals surface area contributed by atoms with Gasteiger partial charge in [-0.15, -0.1) is 11.3 Å². The zero-order valence-electron chi connectivity index (χ0n) is 15.7. The van der Waals surface area contributed by atoms with Crippen LogP contribution in [-0.2, 0) is 20.7 Å². The third kappa shape index (κ3) is 4.80. The number of esters is 2. The van der Waals surface area contributed by atoms with E-state index in [4.69, 9.17) is 9.47 Å². The fourth-order valence-electron chi connectivity index (χ4n) is 2.50. The van der Waals surface area contributed by atoms with Gasteiger partial charge in [-0.25, -0.2) is 9.59 Å². The predicted octanol–water partition coefficient (Wildman–Crippen LogP) is 3.00. The first-order valence-electron chi connectivity index (χ1n) is 8.56. The Hall–Kier alpha value is -3.07. The first-order chi connectivity index (χ1) is 13.3. The average molecular weight is 407 g/mol. The van der Waals surface area contributed by atoms with Crippen LogP contribution in [0.1, 0.15) is 45.0 Å². The van der Waals surface area contributed by atoms with Crippen molar-refractivity contribution in [1.82, 2.24) is 0 Å². The van der Waals surface area contributed by atoms with Gasteiger partial charge in [0.05, 0.1) is 12.2 Å². The van der Waals surface area contributed by atoms with E-state index in [0.29, 0.717) is 17.0 Å². The summed E-state index contributed by atoms with van der Waals surface area (Å²) >= 11 is 1.26. The first-order valence-corrected chi connectivity index (χ1v) is 9.38. The van der Waals surface area contributed by atoms with Crippen LogP contribution < -0.4 is 5.32 Å². The number of benzene rings is 1. The molecule has 150 valence electrons. The molecule has 1 amide bonds. The van der Waals surface area contributed by atoms with E-state index in [9.17, 15) is 24.6 Å². The van der Waals surface area contributed by atoms with Crippen molar-refractivity contribution in [2.24, 2.45) is 0 Å². The van der Waals surface area contributed by atoms with E-state index in [1.54, 1.807) is 13.8 Å². The number of aromatic hydroxyl groups is 2. The van der Waals surface area contributed by atoms with Crippen LogP contribution in [0, 0.1) is 6.92 Å². The number of carbonyl (C=O) groups excluding carboxylic acids is 3. The molecule has 0 atom stereocenters. The van der Waals surface area contributed by atoms with Gasteiger partial charge >= 0.3 is 11.9 Å². The van der Waals surface area contributed by atoms with E-state index in [1.165, 1.54) is 23.5 Å². The molecule has 0 aliphatic carbocycles. The smallest absolute Gasteiger partial charge is 0.342 e. The lowest BCUT2D eigenvalue weighted by atomic mass is 10.1. The van der Waals surface area contributed by atoms with E-state index in [-0.39, 0.29) is 17.9 Å². The maximum absolute atomic E-state index is 12.2. The normalized spacial score (nSPS) is 10.4. The lowest BCUT2D eigenvalue weighted by Gasteiger charge is -2.08. The summed E-state index contributed by atoms with van der Waals surface area (Å²) in [5, 5.41) is 21.8. The van der Waals surface area contributed by atoms with Crippen molar-refractivity contribution in [1.29, 1.82) is 0 Å². The number of phenolic OH excluding ortho intramolecular Hbond substituents is 2. The Balaban J connectivity index is 2.08. The molecule has 1 aromatic carbocycles. The average Bonchev–Trinajstić information content (AvgIpc) is 2.95. The SMILES string of the molecule is CCOC(=O)c1c(NC(=O)COC(=O)c2ccc(O)cc2O)sc(CC)c1C. The van der Waals surface area contributed by atoms with E-state index < -0.39 is 30.2 Å². The fourth-order valence-corrected chi connectivity index (χ4v) is 3.65. The third-order valence-electron chi connectivity index (χ3n) is 3.83. The molecule has 2 rings (SSSR count). The molecule has 0 radical (unpaired) electrons. The summed E-state index contributed by atoms with van der Waals surface area (Å²) in [7, 11) is 0. The Morgan fingerprint density at radius 1 is 1.11 bits per heavy atom. The molecule has 0 saturated carbocycles. The zero-order valence-corrected chi connectivity index (χ0v) is 16.5. The Morgan fingerprint density at radius 2 is 1.82 bits per heavy atom. The van der Waals surface area contributed by atoms with Crippen LogP contribution in [-0.4, -0.2) is 41.3 Å². The quantitative estimate of drug-likeness (QED) is 0.603. The molecule has 8 nitrogen and oxygen atoms in total. The highest BCUT2D eigenvalue weighted by atomic mass is 32.1. The molecule has 9 heteroatoms. The van der Waals surface area contributed by atoms with Gasteiger partial charge in [0.2, 0.25) is 0 Å². The summed E-state index contributed by atoms with van der Waals surface area (Å²) in [6.45, 7) is 5.00. The number of anilines is 1. The molecule has 2 aromatic rings. The van der Waals surface area contributed by atoms with Crippen molar-refractivity contribution in [3.8, 4) is 11.5 Å². The molecule has 1 heterocycles. The molecule has 0 saturated heterocycles. The van der Waals surface area contributed by atoms with Crippen LogP contribution in [0.3, 0.4) is 0 Å². The fraction of sp³-hybridized carbons (Fsp3) is 0.316. The van der Waals surface area contributed by atoms with Gasteiger partial charge in [0.15, 0.2) is 6.61 Å². The maximum atomic E-state index is 12.2. The number of thiophene rings is 1. The van der Waals surface area contributed by atoms with Gasteiger partial charge in [-0.1, -0.05) is 6.92 Å². The number of aryl methyl sites for hydroxylation is 1. The van der Waals surface area contributed by atoms with Gasteiger partial charge in [-0.2, -0.15) is 0 Å². The molecular formula is C19H21NO7S. The molecule has 1 aromatic heterocycles. The highest BCUT2D eigenvalue weighted by Crippen LogP contribution is 2.34. The number of hydrogen-bond donors (Lipinski definition) is 3. The second-order valence-electron chi connectivity index (χ2n) is 5.75. The molecule has 0 aliphatic rings. The van der Waals surface area contributed by atoms with E-state index in [1.807, 2.05) is 6.92 Å². The van der Waals surface area contributed by atoms with Gasteiger partial charge in [0, 0.05) is 10.9 Å². The number of ether oxygens (including phenoxy) is 2. The van der Waals surface area contributed by atoms with Crippen LogP contribution in [0.15, 0.2) is 18.2 Å². The summed E-state index contributed by atoms with van der Waals surface area (Å²) in [5.74, 6) is -2.76. The second-order valence-corrected chi connectivity index (χ2v) is 6.86. The minimum atomic E-state index is -0.921. The second kappa shape index (κ2) is 9.23.